The van der Waals surface area contributed by atoms with E-state index in [-0.39, 0.29) is 5.41 Å². The van der Waals surface area contributed by atoms with Crippen LogP contribution in [-0.2, 0) is 0 Å². The topological polar surface area (TPSA) is 23.8 Å². The van der Waals surface area contributed by atoms with Gasteiger partial charge in [-0.25, -0.2) is 0 Å². The van der Waals surface area contributed by atoms with E-state index in [9.17, 15) is 5.26 Å². The van der Waals surface area contributed by atoms with Gasteiger partial charge in [-0.05, 0) is 25.2 Å². The normalized spacial score (nSPS) is 21.5. The maximum absolute atomic E-state index is 9.59. The molecule has 1 nitrogen and oxygen atoms in total. The smallest absolute Gasteiger partial charge is 0.0689 e. The summed E-state index contributed by atoms with van der Waals surface area (Å²) in [6, 6.07) is 2.70. The molecule has 17 heavy (non-hydrogen) atoms. The molecule has 1 rings (SSSR count). The summed E-state index contributed by atoms with van der Waals surface area (Å²) in [6.07, 6.45) is 13.9. The molecule has 0 aromatic carbocycles. The van der Waals surface area contributed by atoms with E-state index in [1.807, 2.05) is 0 Å². The van der Waals surface area contributed by atoms with Gasteiger partial charge in [-0.2, -0.15) is 5.26 Å². The third kappa shape index (κ3) is 4.70. The van der Waals surface area contributed by atoms with Gasteiger partial charge in [0, 0.05) is 0 Å². The van der Waals surface area contributed by atoms with E-state index in [1.54, 1.807) is 0 Å². The Morgan fingerprint density at radius 2 is 1.76 bits per heavy atom. The molecule has 1 aliphatic rings. The van der Waals surface area contributed by atoms with E-state index in [0.717, 1.165) is 18.8 Å². The molecule has 1 atom stereocenters. The van der Waals surface area contributed by atoms with Gasteiger partial charge in [0.25, 0.3) is 0 Å². The standard InChI is InChI=1S/C16H29N/c1-3-5-10-15(4-2)13-16(14-17)11-8-6-7-9-12-16/h15H,3-13H2,1-2H3. The van der Waals surface area contributed by atoms with Gasteiger partial charge in [0.2, 0.25) is 0 Å². The molecule has 0 aromatic rings. The van der Waals surface area contributed by atoms with Gasteiger partial charge in [-0.1, -0.05) is 65.2 Å². The van der Waals surface area contributed by atoms with Crippen LogP contribution in [0.15, 0.2) is 0 Å². The first-order valence-electron chi connectivity index (χ1n) is 7.67. The summed E-state index contributed by atoms with van der Waals surface area (Å²) in [5.74, 6) is 0.785. The summed E-state index contributed by atoms with van der Waals surface area (Å²) >= 11 is 0. The average molecular weight is 235 g/mol. The second-order valence-electron chi connectivity index (χ2n) is 5.93. The van der Waals surface area contributed by atoms with Crippen molar-refractivity contribution in [2.75, 3.05) is 0 Å². The Morgan fingerprint density at radius 1 is 1.12 bits per heavy atom. The molecule has 1 aliphatic carbocycles. The highest BCUT2D eigenvalue weighted by atomic mass is 14.4. The first kappa shape index (κ1) is 14.6. The zero-order valence-electron chi connectivity index (χ0n) is 11.8. The molecular formula is C16H29N. The highest BCUT2D eigenvalue weighted by Gasteiger charge is 2.32. The van der Waals surface area contributed by atoms with Crippen molar-refractivity contribution in [2.24, 2.45) is 11.3 Å². The monoisotopic (exact) mass is 235 g/mol. The molecule has 0 bridgehead atoms. The maximum Gasteiger partial charge on any atom is 0.0689 e. The highest BCUT2D eigenvalue weighted by Crippen LogP contribution is 2.41. The Balaban J connectivity index is 2.55. The molecule has 0 aliphatic heterocycles. The first-order valence-corrected chi connectivity index (χ1v) is 7.67. The van der Waals surface area contributed by atoms with Crippen molar-refractivity contribution in [1.82, 2.24) is 0 Å². The fraction of sp³-hybridized carbons (Fsp3) is 0.938. The first-order chi connectivity index (χ1) is 8.26. The molecule has 0 saturated heterocycles. The number of hydrogen-bond donors (Lipinski definition) is 0. The Labute approximate surface area is 108 Å². The number of nitriles is 1. The molecule has 98 valence electrons. The molecule has 0 amide bonds. The number of hydrogen-bond acceptors (Lipinski definition) is 1. The fourth-order valence-electron chi connectivity index (χ4n) is 3.26. The van der Waals surface area contributed by atoms with E-state index in [0.29, 0.717) is 0 Å². The molecule has 1 fully saturated rings. The molecule has 0 radical (unpaired) electrons. The number of unbranched alkanes of at least 4 members (excludes halogenated alkanes) is 1. The zero-order valence-corrected chi connectivity index (χ0v) is 11.8. The van der Waals surface area contributed by atoms with Gasteiger partial charge in [0.1, 0.15) is 0 Å². The summed E-state index contributed by atoms with van der Waals surface area (Å²) in [5, 5.41) is 9.59. The van der Waals surface area contributed by atoms with Crippen LogP contribution in [0.1, 0.15) is 84.5 Å². The van der Waals surface area contributed by atoms with Crippen LogP contribution in [0.5, 0.6) is 0 Å². The SMILES string of the molecule is CCCCC(CC)CC1(C#N)CCCCCC1. The van der Waals surface area contributed by atoms with Crippen molar-refractivity contribution in [1.29, 1.82) is 5.26 Å². The summed E-state index contributed by atoms with van der Waals surface area (Å²) < 4.78 is 0. The lowest BCUT2D eigenvalue weighted by Crippen LogP contribution is -2.22. The second-order valence-corrected chi connectivity index (χ2v) is 5.93. The van der Waals surface area contributed by atoms with Gasteiger partial charge in [-0.3, -0.25) is 0 Å². The third-order valence-electron chi connectivity index (χ3n) is 4.52. The van der Waals surface area contributed by atoms with Gasteiger partial charge >= 0.3 is 0 Å². The summed E-state index contributed by atoms with van der Waals surface area (Å²) in [5.41, 5.74) is 0.0327. The maximum atomic E-state index is 9.59. The highest BCUT2D eigenvalue weighted by molar-refractivity contribution is 5.00. The minimum atomic E-state index is 0.0327. The average Bonchev–Trinajstić information content (AvgIpc) is 2.60. The van der Waals surface area contributed by atoms with Gasteiger partial charge in [0.15, 0.2) is 0 Å². The Kier molecular flexibility index (Phi) is 6.63. The summed E-state index contributed by atoms with van der Waals surface area (Å²) in [4.78, 5) is 0. The van der Waals surface area contributed by atoms with Crippen LogP contribution in [0.25, 0.3) is 0 Å². The molecule has 1 unspecified atom stereocenters. The van der Waals surface area contributed by atoms with E-state index in [2.05, 4.69) is 19.9 Å². The van der Waals surface area contributed by atoms with Crippen molar-refractivity contribution in [2.45, 2.75) is 84.5 Å². The summed E-state index contributed by atoms with van der Waals surface area (Å²) in [6.45, 7) is 4.56. The second kappa shape index (κ2) is 7.75. The van der Waals surface area contributed by atoms with Crippen LogP contribution < -0.4 is 0 Å². The lowest BCUT2D eigenvalue weighted by molar-refractivity contribution is 0.240. The van der Waals surface area contributed by atoms with Crippen LogP contribution in [0.4, 0.5) is 0 Å². The van der Waals surface area contributed by atoms with E-state index in [4.69, 9.17) is 0 Å². The predicted octanol–water partition coefficient (Wildman–Crippen LogP) is 5.46. The minimum Gasteiger partial charge on any atom is -0.198 e. The van der Waals surface area contributed by atoms with Gasteiger partial charge in [-0.15, -0.1) is 0 Å². The van der Waals surface area contributed by atoms with Crippen molar-refractivity contribution >= 4 is 0 Å². The van der Waals surface area contributed by atoms with Gasteiger partial charge < -0.3 is 0 Å². The Bertz CT molecular complexity index is 230. The lowest BCUT2D eigenvalue weighted by atomic mass is 9.73. The van der Waals surface area contributed by atoms with Crippen molar-refractivity contribution < 1.29 is 0 Å². The third-order valence-corrected chi connectivity index (χ3v) is 4.52. The molecule has 0 N–H and O–H groups in total. The van der Waals surface area contributed by atoms with Crippen molar-refractivity contribution in [3.63, 3.8) is 0 Å². The molecule has 1 heteroatoms. The minimum absolute atomic E-state index is 0.0327. The predicted molar refractivity (Wildman–Crippen MR) is 73.7 cm³/mol. The largest absolute Gasteiger partial charge is 0.198 e. The molecule has 0 aromatic heterocycles. The van der Waals surface area contributed by atoms with Crippen LogP contribution in [0.2, 0.25) is 0 Å². The van der Waals surface area contributed by atoms with E-state index in [1.165, 1.54) is 57.8 Å². The molecule has 1 saturated carbocycles. The zero-order chi connectivity index (χ0) is 12.6. The lowest BCUT2D eigenvalue weighted by Gasteiger charge is -2.29. The Morgan fingerprint density at radius 3 is 2.24 bits per heavy atom. The summed E-state index contributed by atoms with van der Waals surface area (Å²) in [7, 11) is 0. The van der Waals surface area contributed by atoms with Crippen LogP contribution in [0.3, 0.4) is 0 Å². The van der Waals surface area contributed by atoms with Crippen LogP contribution in [0, 0.1) is 22.7 Å². The van der Waals surface area contributed by atoms with Crippen LogP contribution in [-0.4, -0.2) is 0 Å². The van der Waals surface area contributed by atoms with E-state index >= 15 is 0 Å². The van der Waals surface area contributed by atoms with Crippen molar-refractivity contribution in [3.05, 3.63) is 0 Å². The quantitative estimate of drug-likeness (QED) is 0.561. The van der Waals surface area contributed by atoms with Crippen molar-refractivity contribution in [3.8, 4) is 6.07 Å². The van der Waals surface area contributed by atoms with E-state index < -0.39 is 0 Å². The number of rotatable bonds is 6. The number of nitrogens with zero attached hydrogens (tertiary/aromatic N) is 1. The molecule has 0 heterocycles. The molecular weight excluding hydrogens is 206 g/mol. The van der Waals surface area contributed by atoms with Crippen LogP contribution >= 0.6 is 0 Å². The fourth-order valence-corrected chi connectivity index (χ4v) is 3.26. The Hall–Kier alpha value is -0.510. The molecule has 0 spiro atoms. The van der Waals surface area contributed by atoms with Gasteiger partial charge in [0.05, 0.1) is 11.5 Å².